The van der Waals surface area contributed by atoms with Crippen molar-refractivity contribution in [2.45, 2.75) is 6.61 Å². The lowest BCUT2D eigenvalue weighted by Crippen LogP contribution is -1.92. The molecule has 0 bridgehead atoms. The standard InChI is InChI=1S/C10H7ClO3S2/c11-9-2-1-7(16-9)4-14-6-3-8(10(12)13)15-5-6/h1-3,5H,4H2,(H,12,13). The first-order valence-corrected chi connectivity index (χ1v) is 6.41. The number of carbonyl (C=O) groups is 1. The summed E-state index contributed by atoms with van der Waals surface area (Å²) in [6.45, 7) is 0.410. The van der Waals surface area contributed by atoms with Crippen LogP contribution in [0.2, 0.25) is 4.34 Å². The van der Waals surface area contributed by atoms with Crippen LogP contribution in [-0.4, -0.2) is 11.1 Å². The molecule has 2 aromatic heterocycles. The van der Waals surface area contributed by atoms with Crippen molar-refractivity contribution in [3.05, 3.63) is 37.7 Å². The smallest absolute Gasteiger partial charge is 0.346 e. The van der Waals surface area contributed by atoms with E-state index in [1.54, 1.807) is 11.4 Å². The van der Waals surface area contributed by atoms with Crippen molar-refractivity contribution in [2.24, 2.45) is 0 Å². The Hall–Kier alpha value is -1.04. The molecule has 2 heterocycles. The lowest BCUT2D eigenvalue weighted by molar-refractivity contribution is 0.0702. The van der Waals surface area contributed by atoms with E-state index in [4.69, 9.17) is 21.4 Å². The maximum Gasteiger partial charge on any atom is 0.346 e. The monoisotopic (exact) mass is 274 g/mol. The molecule has 0 aliphatic carbocycles. The normalized spacial score (nSPS) is 10.3. The molecule has 0 saturated carbocycles. The van der Waals surface area contributed by atoms with Gasteiger partial charge in [-0.05, 0) is 12.1 Å². The van der Waals surface area contributed by atoms with Gasteiger partial charge < -0.3 is 9.84 Å². The third-order valence-corrected chi connectivity index (χ3v) is 3.90. The maximum absolute atomic E-state index is 10.6. The van der Waals surface area contributed by atoms with Crippen molar-refractivity contribution >= 4 is 40.2 Å². The van der Waals surface area contributed by atoms with Crippen LogP contribution in [0.1, 0.15) is 14.5 Å². The Bertz CT molecular complexity index is 504. The molecule has 2 aromatic rings. The van der Waals surface area contributed by atoms with Gasteiger partial charge in [0.25, 0.3) is 0 Å². The maximum atomic E-state index is 10.6. The zero-order valence-electron chi connectivity index (χ0n) is 7.97. The minimum absolute atomic E-state index is 0.277. The number of carboxylic acid groups (broad SMARTS) is 1. The predicted molar refractivity (Wildman–Crippen MR) is 64.9 cm³/mol. The van der Waals surface area contributed by atoms with E-state index in [9.17, 15) is 4.79 Å². The molecule has 0 aliphatic heterocycles. The predicted octanol–water partition coefficient (Wildman–Crippen LogP) is 3.74. The topological polar surface area (TPSA) is 46.5 Å². The van der Waals surface area contributed by atoms with E-state index in [1.807, 2.05) is 6.07 Å². The summed E-state index contributed by atoms with van der Waals surface area (Å²) in [6.07, 6.45) is 0. The van der Waals surface area contributed by atoms with E-state index in [-0.39, 0.29) is 4.88 Å². The van der Waals surface area contributed by atoms with Crippen LogP contribution in [0, 0.1) is 0 Å². The van der Waals surface area contributed by atoms with Crippen LogP contribution in [0.4, 0.5) is 0 Å². The highest BCUT2D eigenvalue weighted by Crippen LogP contribution is 2.25. The van der Waals surface area contributed by atoms with E-state index in [1.165, 1.54) is 17.4 Å². The molecule has 0 aliphatic rings. The highest BCUT2D eigenvalue weighted by atomic mass is 35.5. The first kappa shape index (κ1) is 11.4. The van der Waals surface area contributed by atoms with Crippen LogP contribution in [0.5, 0.6) is 5.75 Å². The first-order chi connectivity index (χ1) is 7.65. The highest BCUT2D eigenvalue weighted by molar-refractivity contribution is 7.16. The molecule has 16 heavy (non-hydrogen) atoms. The van der Waals surface area contributed by atoms with Crippen molar-refractivity contribution < 1.29 is 14.6 Å². The van der Waals surface area contributed by atoms with E-state index in [2.05, 4.69) is 0 Å². The van der Waals surface area contributed by atoms with Crippen LogP contribution in [0.3, 0.4) is 0 Å². The van der Waals surface area contributed by atoms with Gasteiger partial charge in [-0.25, -0.2) is 4.79 Å². The van der Waals surface area contributed by atoms with E-state index in [0.29, 0.717) is 12.4 Å². The zero-order chi connectivity index (χ0) is 11.5. The molecule has 0 atom stereocenters. The molecule has 0 spiro atoms. The quantitative estimate of drug-likeness (QED) is 0.924. The Morgan fingerprint density at radius 2 is 2.31 bits per heavy atom. The van der Waals surface area contributed by atoms with E-state index in [0.717, 1.165) is 20.6 Å². The molecular weight excluding hydrogens is 268 g/mol. The molecule has 0 amide bonds. The van der Waals surface area contributed by atoms with Crippen molar-refractivity contribution in [2.75, 3.05) is 0 Å². The summed E-state index contributed by atoms with van der Waals surface area (Å²) in [5.74, 6) is -0.356. The summed E-state index contributed by atoms with van der Waals surface area (Å²) < 4.78 is 6.15. The number of halogens is 1. The third kappa shape index (κ3) is 2.75. The SMILES string of the molecule is O=C(O)c1cc(OCc2ccc(Cl)s2)cs1. The number of carboxylic acids is 1. The average Bonchev–Trinajstić information content (AvgIpc) is 2.83. The van der Waals surface area contributed by atoms with Gasteiger partial charge >= 0.3 is 5.97 Å². The fourth-order valence-electron chi connectivity index (χ4n) is 1.09. The molecule has 0 unspecified atom stereocenters. The molecule has 84 valence electrons. The number of ether oxygens (including phenoxy) is 1. The fraction of sp³-hybridized carbons (Fsp3) is 0.100. The van der Waals surface area contributed by atoms with Crippen molar-refractivity contribution in [1.29, 1.82) is 0 Å². The lowest BCUT2D eigenvalue weighted by Gasteiger charge is -1.99. The molecule has 0 saturated heterocycles. The molecule has 3 nitrogen and oxygen atoms in total. The van der Waals surface area contributed by atoms with Gasteiger partial charge in [0, 0.05) is 16.3 Å². The minimum atomic E-state index is -0.931. The van der Waals surface area contributed by atoms with Gasteiger partial charge in [0.15, 0.2) is 0 Å². The Morgan fingerprint density at radius 3 is 2.88 bits per heavy atom. The average molecular weight is 275 g/mol. The van der Waals surface area contributed by atoms with Gasteiger partial charge in [-0.1, -0.05) is 11.6 Å². The highest BCUT2D eigenvalue weighted by Gasteiger charge is 2.07. The zero-order valence-corrected chi connectivity index (χ0v) is 10.4. The minimum Gasteiger partial charge on any atom is -0.487 e. The Morgan fingerprint density at radius 1 is 1.50 bits per heavy atom. The summed E-state index contributed by atoms with van der Waals surface area (Å²) in [7, 11) is 0. The summed E-state index contributed by atoms with van der Waals surface area (Å²) in [5, 5.41) is 10.4. The van der Waals surface area contributed by atoms with Crippen molar-refractivity contribution in [3.8, 4) is 5.75 Å². The number of thiophene rings is 2. The lowest BCUT2D eigenvalue weighted by atomic mass is 10.4. The van der Waals surface area contributed by atoms with Crippen LogP contribution in [-0.2, 0) is 6.61 Å². The van der Waals surface area contributed by atoms with Gasteiger partial charge in [-0.15, -0.1) is 22.7 Å². The molecular formula is C10H7ClO3S2. The van der Waals surface area contributed by atoms with Gasteiger partial charge in [-0.3, -0.25) is 0 Å². The second-order valence-corrected chi connectivity index (χ2v) is 5.66. The van der Waals surface area contributed by atoms with Crippen LogP contribution >= 0.6 is 34.3 Å². The Labute approximate surface area is 105 Å². The van der Waals surface area contributed by atoms with Crippen molar-refractivity contribution in [1.82, 2.24) is 0 Å². The number of hydrogen-bond acceptors (Lipinski definition) is 4. The molecule has 1 N–H and O–H groups in total. The molecule has 0 radical (unpaired) electrons. The molecule has 0 aromatic carbocycles. The van der Waals surface area contributed by atoms with E-state index >= 15 is 0 Å². The first-order valence-electron chi connectivity index (χ1n) is 4.34. The fourth-order valence-corrected chi connectivity index (χ4v) is 2.76. The number of rotatable bonds is 4. The van der Waals surface area contributed by atoms with Crippen molar-refractivity contribution in [3.63, 3.8) is 0 Å². The largest absolute Gasteiger partial charge is 0.487 e. The van der Waals surface area contributed by atoms with Gasteiger partial charge in [0.05, 0.1) is 4.34 Å². The molecule has 2 rings (SSSR count). The Kier molecular flexibility index (Phi) is 3.48. The summed E-state index contributed by atoms with van der Waals surface area (Å²) in [4.78, 5) is 11.9. The van der Waals surface area contributed by atoms with Gasteiger partial charge in [0.1, 0.15) is 17.2 Å². The molecule has 6 heteroatoms. The van der Waals surface area contributed by atoms with Crippen LogP contribution < -0.4 is 4.74 Å². The second kappa shape index (κ2) is 4.86. The summed E-state index contributed by atoms with van der Waals surface area (Å²) in [5.41, 5.74) is 0. The molecule has 0 fully saturated rings. The second-order valence-electron chi connectivity index (χ2n) is 2.95. The number of aromatic carboxylic acids is 1. The van der Waals surface area contributed by atoms with Gasteiger partial charge in [0.2, 0.25) is 0 Å². The van der Waals surface area contributed by atoms with Crippen LogP contribution in [0.25, 0.3) is 0 Å². The Balaban J connectivity index is 1.97. The van der Waals surface area contributed by atoms with E-state index < -0.39 is 5.97 Å². The van der Waals surface area contributed by atoms with Crippen LogP contribution in [0.15, 0.2) is 23.6 Å². The van der Waals surface area contributed by atoms with Gasteiger partial charge in [-0.2, -0.15) is 0 Å². The summed E-state index contributed by atoms with van der Waals surface area (Å²) >= 11 is 8.37. The summed E-state index contributed by atoms with van der Waals surface area (Å²) in [6, 6.07) is 5.21. The third-order valence-electron chi connectivity index (χ3n) is 1.80. The number of hydrogen-bond donors (Lipinski definition) is 1.